The standard InChI is InChI=1S/C15H28N2/c1-14(17,10-16)2-3-15-7-11-4-12(8-15)6-13(5-11)9-15/h11-13H,2-10,16-17H2,1H3. The van der Waals surface area contributed by atoms with E-state index in [1.807, 2.05) is 0 Å². The van der Waals surface area contributed by atoms with E-state index in [-0.39, 0.29) is 5.54 Å². The predicted molar refractivity (Wildman–Crippen MR) is 71.5 cm³/mol. The van der Waals surface area contributed by atoms with Crippen molar-refractivity contribution in [1.82, 2.24) is 0 Å². The van der Waals surface area contributed by atoms with Gasteiger partial charge in [-0.3, -0.25) is 0 Å². The largest absolute Gasteiger partial charge is 0.329 e. The molecule has 2 nitrogen and oxygen atoms in total. The van der Waals surface area contributed by atoms with Crippen LogP contribution < -0.4 is 11.5 Å². The molecular formula is C15H28N2. The van der Waals surface area contributed by atoms with E-state index in [4.69, 9.17) is 11.5 Å². The molecule has 0 spiro atoms. The van der Waals surface area contributed by atoms with Crippen LogP contribution in [0, 0.1) is 23.2 Å². The van der Waals surface area contributed by atoms with Crippen molar-refractivity contribution in [3.05, 3.63) is 0 Å². The van der Waals surface area contributed by atoms with Crippen molar-refractivity contribution < 1.29 is 0 Å². The van der Waals surface area contributed by atoms with E-state index in [1.165, 1.54) is 44.9 Å². The lowest BCUT2D eigenvalue weighted by molar-refractivity contribution is -0.0602. The van der Waals surface area contributed by atoms with Gasteiger partial charge in [0.2, 0.25) is 0 Å². The molecule has 0 aromatic rings. The Labute approximate surface area is 106 Å². The molecule has 4 rings (SSSR count). The molecule has 0 aromatic heterocycles. The molecular weight excluding hydrogens is 208 g/mol. The summed E-state index contributed by atoms with van der Waals surface area (Å²) in [5.41, 5.74) is 12.5. The van der Waals surface area contributed by atoms with Gasteiger partial charge in [-0.15, -0.1) is 0 Å². The zero-order chi connectivity index (χ0) is 12.1. The first kappa shape index (κ1) is 12.0. The lowest BCUT2D eigenvalue weighted by Gasteiger charge is -2.57. The molecule has 4 saturated carbocycles. The Balaban J connectivity index is 1.66. The minimum atomic E-state index is -0.136. The van der Waals surface area contributed by atoms with Crippen LogP contribution in [0.5, 0.6) is 0 Å². The van der Waals surface area contributed by atoms with Gasteiger partial charge in [0.25, 0.3) is 0 Å². The Morgan fingerprint density at radius 3 is 1.94 bits per heavy atom. The van der Waals surface area contributed by atoms with Gasteiger partial charge in [0, 0.05) is 12.1 Å². The maximum Gasteiger partial charge on any atom is 0.0250 e. The van der Waals surface area contributed by atoms with Crippen molar-refractivity contribution in [2.75, 3.05) is 6.54 Å². The van der Waals surface area contributed by atoms with Gasteiger partial charge in [0.05, 0.1) is 0 Å². The van der Waals surface area contributed by atoms with E-state index in [0.29, 0.717) is 12.0 Å². The average molecular weight is 236 g/mol. The molecule has 0 amide bonds. The van der Waals surface area contributed by atoms with Crippen LogP contribution in [0.25, 0.3) is 0 Å². The third-order valence-corrected chi connectivity index (χ3v) is 5.86. The van der Waals surface area contributed by atoms with Crippen LogP contribution in [-0.2, 0) is 0 Å². The number of hydrogen-bond acceptors (Lipinski definition) is 2. The van der Waals surface area contributed by atoms with Crippen LogP contribution in [0.15, 0.2) is 0 Å². The van der Waals surface area contributed by atoms with Gasteiger partial charge in [-0.2, -0.15) is 0 Å². The fraction of sp³-hybridized carbons (Fsp3) is 1.00. The molecule has 4 aliphatic rings. The highest BCUT2D eigenvalue weighted by Crippen LogP contribution is 2.61. The van der Waals surface area contributed by atoms with Crippen molar-refractivity contribution in [3.63, 3.8) is 0 Å². The fourth-order valence-electron chi connectivity index (χ4n) is 5.25. The molecule has 0 aliphatic heterocycles. The molecule has 4 bridgehead atoms. The molecule has 4 fully saturated rings. The van der Waals surface area contributed by atoms with Crippen molar-refractivity contribution >= 4 is 0 Å². The lowest BCUT2D eigenvalue weighted by atomic mass is 9.48. The first-order valence-corrected chi connectivity index (χ1v) is 7.49. The first-order valence-electron chi connectivity index (χ1n) is 7.49. The summed E-state index contributed by atoms with van der Waals surface area (Å²) in [7, 11) is 0. The zero-order valence-electron chi connectivity index (χ0n) is 11.3. The van der Waals surface area contributed by atoms with Gasteiger partial charge in [-0.05, 0) is 81.5 Å². The summed E-state index contributed by atoms with van der Waals surface area (Å²) in [6, 6.07) is 0. The normalized spacial score (nSPS) is 47.1. The summed E-state index contributed by atoms with van der Waals surface area (Å²) < 4.78 is 0. The van der Waals surface area contributed by atoms with Crippen molar-refractivity contribution in [1.29, 1.82) is 0 Å². The summed E-state index contributed by atoms with van der Waals surface area (Å²) in [5.74, 6) is 3.18. The Morgan fingerprint density at radius 1 is 1.06 bits per heavy atom. The summed E-state index contributed by atoms with van der Waals surface area (Å²) in [6.45, 7) is 2.74. The van der Waals surface area contributed by atoms with Crippen LogP contribution in [0.1, 0.15) is 58.3 Å². The predicted octanol–water partition coefficient (Wildman–Crippen LogP) is 2.66. The number of nitrogens with two attached hydrogens (primary N) is 2. The van der Waals surface area contributed by atoms with Crippen molar-refractivity contribution in [2.45, 2.75) is 63.8 Å². The third-order valence-electron chi connectivity index (χ3n) is 5.86. The lowest BCUT2D eigenvalue weighted by Crippen LogP contribution is -2.49. The zero-order valence-corrected chi connectivity index (χ0v) is 11.3. The van der Waals surface area contributed by atoms with Gasteiger partial charge < -0.3 is 11.5 Å². The molecule has 1 atom stereocenters. The van der Waals surface area contributed by atoms with E-state index in [9.17, 15) is 0 Å². The topological polar surface area (TPSA) is 52.0 Å². The second-order valence-electron chi connectivity index (χ2n) is 7.78. The van der Waals surface area contributed by atoms with Crippen LogP contribution >= 0.6 is 0 Å². The highest BCUT2D eigenvalue weighted by Gasteiger charge is 2.50. The van der Waals surface area contributed by atoms with Crippen LogP contribution in [0.3, 0.4) is 0 Å². The van der Waals surface area contributed by atoms with E-state index in [1.54, 1.807) is 0 Å². The molecule has 0 aromatic carbocycles. The van der Waals surface area contributed by atoms with Crippen LogP contribution in [0.2, 0.25) is 0 Å². The number of hydrogen-bond donors (Lipinski definition) is 2. The Bertz CT molecular complexity index is 260. The van der Waals surface area contributed by atoms with E-state index in [2.05, 4.69) is 6.92 Å². The summed E-state index contributed by atoms with van der Waals surface area (Å²) in [5, 5.41) is 0. The highest BCUT2D eigenvalue weighted by molar-refractivity contribution is 5.02. The summed E-state index contributed by atoms with van der Waals surface area (Å²) in [6.07, 6.45) is 11.6. The Kier molecular flexibility index (Phi) is 2.79. The molecule has 17 heavy (non-hydrogen) atoms. The SMILES string of the molecule is CC(N)(CN)CCC12CC3CC(CC(C3)C1)C2. The van der Waals surface area contributed by atoms with Crippen molar-refractivity contribution in [3.8, 4) is 0 Å². The van der Waals surface area contributed by atoms with Gasteiger partial charge in [0.1, 0.15) is 0 Å². The maximum atomic E-state index is 6.22. The Morgan fingerprint density at radius 2 is 1.53 bits per heavy atom. The third kappa shape index (κ3) is 2.26. The molecule has 0 radical (unpaired) electrons. The van der Waals surface area contributed by atoms with Crippen LogP contribution in [0.4, 0.5) is 0 Å². The summed E-state index contributed by atoms with van der Waals surface area (Å²) >= 11 is 0. The van der Waals surface area contributed by atoms with Crippen LogP contribution in [-0.4, -0.2) is 12.1 Å². The maximum absolute atomic E-state index is 6.22. The second kappa shape index (κ2) is 3.96. The molecule has 1 unspecified atom stereocenters. The monoisotopic (exact) mass is 236 g/mol. The second-order valence-corrected chi connectivity index (χ2v) is 7.78. The van der Waals surface area contributed by atoms with Gasteiger partial charge in [-0.1, -0.05) is 0 Å². The smallest absolute Gasteiger partial charge is 0.0250 e. The van der Waals surface area contributed by atoms with Gasteiger partial charge in [-0.25, -0.2) is 0 Å². The van der Waals surface area contributed by atoms with E-state index < -0.39 is 0 Å². The van der Waals surface area contributed by atoms with E-state index in [0.717, 1.165) is 24.2 Å². The molecule has 4 aliphatic carbocycles. The minimum absolute atomic E-state index is 0.136. The van der Waals surface area contributed by atoms with E-state index >= 15 is 0 Å². The Hall–Kier alpha value is -0.0800. The molecule has 0 saturated heterocycles. The van der Waals surface area contributed by atoms with Gasteiger partial charge >= 0.3 is 0 Å². The van der Waals surface area contributed by atoms with Crippen molar-refractivity contribution in [2.24, 2.45) is 34.6 Å². The quantitative estimate of drug-likeness (QED) is 0.788. The fourth-order valence-corrected chi connectivity index (χ4v) is 5.25. The summed E-state index contributed by atoms with van der Waals surface area (Å²) in [4.78, 5) is 0. The number of rotatable bonds is 4. The molecule has 98 valence electrons. The molecule has 2 heteroatoms. The van der Waals surface area contributed by atoms with Gasteiger partial charge in [0.15, 0.2) is 0 Å². The first-order chi connectivity index (χ1) is 8.00. The average Bonchev–Trinajstić information content (AvgIpc) is 2.25. The highest BCUT2D eigenvalue weighted by atomic mass is 14.8. The molecule has 4 N–H and O–H groups in total. The minimum Gasteiger partial charge on any atom is -0.329 e. The molecule has 0 heterocycles.